The largest absolute Gasteiger partial charge is 0.678 e. The Morgan fingerprint density at radius 1 is 0.809 bits per heavy atom. The fourth-order valence-corrected chi connectivity index (χ4v) is 10.6. The fourth-order valence-electron chi connectivity index (χ4n) is 6.22. The summed E-state index contributed by atoms with van der Waals surface area (Å²) < 4.78 is 28.9. The first-order valence-electron chi connectivity index (χ1n) is 16.0. The van der Waals surface area contributed by atoms with Crippen LogP contribution < -0.4 is 21.2 Å². The van der Waals surface area contributed by atoms with Crippen molar-refractivity contribution in [1.82, 2.24) is 14.8 Å². The number of hydrogen-bond donors (Lipinski definition) is 2. The Balaban J connectivity index is 1.04. The van der Waals surface area contributed by atoms with E-state index in [0.29, 0.717) is 42.2 Å². The number of amides is 1. The molecule has 0 bridgehead atoms. The van der Waals surface area contributed by atoms with Crippen molar-refractivity contribution in [2.24, 2.45) is 4.99 Å². The van der Waals surface area contributed by atoms with Crippen molar-refractivity contribution in [2.75, 3.05) is 12.7 Å². The van der Waals surface area contributed by atoms with Crippen LogP contribution in [0.15, 0.2) is 144 Å². The second-order valence-electron chi connectivity index (χ2n) is 11.5. The third-order valence-electron chi connectivity index (χ3n) is 8.48. The van der Waals surface area contributed by atoms with Gasteiger partial charge in [0.25, 0.3) is 0 Å². The van der Waals surface area contributed by atoms with E-state index in [-0.39, 0.29) is 5.91 Å². The molecule has 0 unspecified atom stereocenters. The molecule has 0 fully saturated rings. The second-order valence-corrected chi connectivity index (χ2v) is 15.1. The molecule has 236 valence electrons. The molecular formula is C38H37BF2N4OP+. The maximum Gasteiger partial charge on any atom is 0.678 e. The smallest absolute Gasteiger partial charge is 0.360 e. The molecule has 0 saturated heterocycles. The van der Waals surface area contributed by atoms with Gasteiger partial charge in [0.15, 0.2) is 0 Å². The minimum Gasteiger partial charge on any atom is -0.360 e. The molecule has 0 aliphatic carbocycles. The number of halogens is 2. The van der Waals surface area contributed by atoms with Gasteiger partial charge in [0.05, 0.1) is 23.2 Å². The first-order chi connectivity index (χ1) is 23.0. The Morgan fingerprint density at radius 2 is 1.45 bits per heavy atom. The van der Waals surface area contributed by atoms with E-state index in [1.807, 2.05) is 6.08 Å². The van der Waals surface area contributed by atoms with Crippen molar-refractivity contribution in [3.63, 3.8) is 0 Å². The first kappa shape index (κ1) is 32.1. The van der Waals surface area contributed by atoms with E-state index in [1.54, 1.807) is 42.6 Å². The molecule has 47 heavy (non-hydrogen) atoms. The average molecular weight is 646 g/mol. The minimum atomic E-state index is -2.69. The third kappa shape index (κ3) is 7.45. The van der Waals surface area contributed by atoms with Gasteiger partial charge in [0.1, 0.15) is 23.2 Å². The van der Waals surface area contributed by atoms with Crippen molar-refractivity contribution in [3.8, 4) is 11.4 Å². The van der Waals surface area contributed by atoms with Crippen LogP contribution in [0, 0.1) is 0 Å². The summed E-state index contributed by atoms with van der Waals surface area (Å²) in [5.74, 6) is -0.0177. The molecule has 3 aromatic carbocycles. The number of hydrogen-bond acceptors (Lipinski definition) is 2. The lowest BCUT2D eigenvalue weighted by Crippen LogP contribution is -2.33. The van der Waals surface area contributed by atoms with Gasteiger partial charge in [-0.2, -0.15) is 0 Å². The Kier molecular flexibility index (Phi) is 10.4. The van der Waals surface area contributed by atoms with Gasteiger partial charge in [0, 0.05) is 30.6 Å². The van der Waals surface area contributed by atoms with Crippen LogP contribution >= 0.6 is 7.26 Å². The quantitative estimate of drug-likeness (QED) is 0.0745. The Labute approximate surface area is 275 Å². The lowest BCUT2D eigenvalue weighted by molar-refractivity contribution is -0.120. The highest BCUT2D eigenvalue weighted by molar-refractivity contribution is 7.95. The average Bonchev–Trinajstić information content (AvgIpc) is 3.89. The van der Waals surface area contributed by atoms with Crippen molar-refractivity contribution >= 4 is 48.3 Å². The molecule has 0 radical (unpaired) electrons. The van der Waals surface area contributed by atoms with Crippen molar-refractivity contribution in [2.45, 2.75) is 25.7 Å². The molecule has 1 aliphatic heterocycles. The Morgan fingerprint density at radius 3 is 2.02 bits per heavy atom. The van der Waals surface area contributed by atoms with Crippen molar-refractivity contribution < 1.29 is 13.4 Å². The zero-order chi connectivity index (χ0) is 32.5. The number of aromatic nitrogens is 2. The molecule has 2 aromatic heterocycles. The topological polar surface area (TPSA) is 62.2 Å². The van der Waals surface area contributed by atoms with Crippen LogP contribution in [0.25, 0.3) is 17.5 Å². The number of nitrogens with zero attached hydrogens (tertiary/aromatic N) is 2. The number of rotatable bonds is 14. The van der Waals surface area contributed by atoms with Crippen LogP contribution in [0.4, 0.5) is 8.63 Å². The number of allylic oxidation sites excluding steroid dienone is 2. The lowest BCUT2D eigenvalue weighted by Gasteiger charge is -2.27. The molecule has 5 nitrogen and oxygen atoms in total. The van der Waals surface area contributed by atoms with E-state index in [2.05, 4.69) is 106 Å². The monoisotopic (exact) mass is 645 g/mol. The van der Waals surface area contributed by atoms with Crippen LogP contribution in [0.5, 0.6) is 0 Å². The van der Waals surface area contributed by atoms with E-state index in [1.165, 1.54) is 15.9 Å². The first-order valence-corrected chi connectivity index (χ1v) is 17.9. The molecule has 2 N–H and O–H groups in total. The van der Waals surface area contributed by atoms with Crippen LogP contribution in [-0.4, -0.2) is 41.2 Å². The molecule has 9 heteroatoms. The molecule has 0 saturated carbocycles. The number of nitrogens with one attached hydrogen (secondary N) is 2. The molecule has 1 aliphatic rings. The molecule has 0 atom stereocenters. The minimum absolute atomic E-state index is 0.0177. The number of aromatic amines is 1. The predicted octanol–water partition coefficient (Wildman–Crippen LogP) is 7.28. The summed E-state index contributed by atoms with van der Waals surface area (Å²) in [6.07, 6.45) is 10.7. The summed E-state index contributed by atoms with van der Waals surface area (Å²) in [4.78, 5) is 20.3. The van der Waals surface area contributed by atoms with Crippen LogP contribution in [0.2, 0.25) is 0 Å². The fraction of sp³-hybridized carbons (Fsp3) is 0.158. The summed E-state index contributed by atoms with van der Waals surface area (Å²) >= 11 is 0. The number of carbonyl (C=O) groups is 1. The molecule has 6 rings (SSSR count). The number of aliphatic imine (C=N–C) groups is 1. The lowest BCUT2D eigenvalue weighted by atomic mass is 10.1. The van der Waals surface area contributed by atoms with E-state index >= 15 is 0 Å². The van der Waals surface area contributed by atoms with Gasteiger partial charge in [-0.1, -0.05) is 54.6 Å². The van der Waals surface area contributed by atoms with E-state index < -0.39 is 14.7 Å². The standard InChI is InChI=1S/C38H36BF2N4OP/c40-39(41)45-32(23-24-37(45)36-19-12-27-42-36)29-31-21-20-30(44-31)22-25-38(46)43-26-10-11-28-47(33-13-4-1-5-14-33,34-15-6-2-7-16-34)35-17-8-3-9-18-35/h1-9,12-21,23-24,27,29H,10-11,22,25-26,28H2,(H-,42,43,44,46)/p+1. The molecule has 3 heterocycles. The summed E-state index contributed by atoms with van der Waals surface area (Å²) in [5.41, 5.74) is 2.74. The maximum atomic E-state index is 13.9. The van der Waals surface area contributed by atoms with Crippen LogP contribution in [0.3, 0.4) is 0 Å². The van der Waals surface area contributed by atoms with Gasteiger partial charge in [-0.25, -0.2) is 0 Å². The Bertz CT molecular complexity index is 1760. The highest BCUT2D eigenvalue weighted by Crippen LogP contribution is 2.55. The SMILES string of the molecule is O=C(CCC1=N/C(=C\c2ccc(-c3ccc[nH]3)n2B(F)F)C=C1)NCCCC[P+](c1ccccc1)(c1ccccc1)c1ccccc1. The summed E-state index contributed by atoms with van der Waals surface area (Å²) in [5, 5.41) is 7.18. The van der Waals surface area contributed by atoms with Gasteiger partial charge in [0.2, 0.25) is 5.91 Å². The maximum absolute atomic E-state index is 13.9. The highest BCUT2D eigenvalue weighted by atomic mass is 31.2. The number of benzene rings is 3. The van der Waals surface area contributed by atoms with E-state index in [0.717, 1.165) is 29.2 Å². The van der Waals surface area contributed by atoms with Gasteiger partial charge in [-0.15, -0.1) is 0 Å². The molecule has 1 amide bonds. The van der Waals surface area contributed by atoms with Crippen molar-refractivity contribution in [1.29, 1.82) is 0 Å². The van der Waals surface area contributed by atoms with E-state index in [9.17, 15) is 13.4 Å². The molecule has 0 spiro atoms. The van der Waals surface area contributed by atoms with Gasteiger partial charge in [-0.3, -0.25) is 18.4 Å². The van der Waals surface area contributed by atoms with Crippen LogP contribution in [-0.2, 0) is 4.79 Å². The Hall–Kier alpha value is -4.81. The van der Waals surface area contributed by atoms with Gasteiger partial charge >= 0.3 is 7.40 Å². The molecule has 5 aromatic rings. The number of H-pyrrole nitrogens is 1. The zero-order valence-corrected chi connectivity index (χ0v) is 27.0. The number of carbonyl (C=O) groups excluding carboxylic acids is 1. The van der Waals surface area contributed by atoms with Crippen molar-refractivity contribution in [3.05, 3.63) is 145 Å². The number of unbranched alkanes of at least 4 members (excludes halogenated alkanes) is 1. The highest BCUT2D eigenvalue weighted by Gasteiger charge is 2.44. The van der Waals surface area contributed by atoms with Crippen LogP contribution in [0.1, 0.15) is 31.4 Å². The zero-order valence-electron chi connectivity index (χ0n) is 26.1. The molecular weight excluding hydrogens is 608 g/mol. The summed E-state index contributed by atoms with van der Waals surface area (Å²) in [6.45, 7) is 0.610. The van der Waals surface area contributed by atoms with E-state index in [4.69, 9.17) is 0 Å². The summed E-state index contributed by atoms with van der Waals surface area (Å²) in [6, 6.07) is 39.4. The third-order valence-corrected chi connectivity index (χ3v) is 13.0. The normalized spacial score (nSPS) is 13.6. The van der Waals surface area contributed by atoms with Gasteiger partial charge in [-0.05, 0) is 98.2 Å². The predicted molar refractivity (Wildman–Crippen MR) is 194 cm³/mol. The van der Waals surface area contributed by atoms with Gasteiger partial charge < -0.3 is 14.8 Å². The second kappa shape index (κ2) is 15.2. The summed E-state index contributed by atoms with van der Waals surface area (Å²) in [7, 11) is -4.58.